The summed E-state index contributed by atoms with van der Waals surface area (Å²) in [6.07, 6.45) is -1.20. The predicted molar refractivity (Wildman–Crippen MR) is 136 cm³/mol. The first-order valence-corrected chi connectivity index (χ1v) is 12.0. The molecule has 3 aromatic rings. The van der Waals surface area contributed by atoms with Crippen LogP contribution in [0, 0.1) is 11.8 Å². The highest BCUT2D eigenvalue weighted by Crippen LogP contribution is 2.31. The van der Waals surface area contributed by atoms with E-state index in [1.54, 1.807) is 24.3 Å². The first kappa shape index (κ1) is 26.3. The minimum Gasteiger partial charge on any atom is -0.395 e. The molecule has 0 atom stereocenters. The van der Waals surface area contributed by atoms with Crippen LogP contribution >= 0.6 is 0 Å². The molecule has 11 heteroatoms. The van der Waals surface area contributed by atoms with Gasteiger partial charge in [-0.25, -0.2) is 4.98 Å². The molecule has 0 aliphatic carbocycles. The van der Waals surface area contributed by atoms with Gasteiger partial charge in [-0.2, -0.15) is 13.2 Å². The quantitative estimate of drug-likeness (QED) is 0.344. The molecule has 8 nitrogen and oxygen atoms in total. The molecule has 1 amide bonds. The van der Waals surface area contributed by atoms with Gasteiger partial charge in [0.2, 0.25) is 0 Å². The van der Waals surface area contributed by atoms with Gasteiger partial charge in [0, 0.05) is 36.7 Å². The number of likely N-dealkylation sites (tertiary alicyclic amines) is 1. The van der Waals surface area contributed by atoms with Crippen LogP contribution in [0.5, 0.6) is 0 Å². The number of rotatable bonds is 8. The molecule has 0 radical (unpaired) electrons. The molecule has 0 spiro atoms. The lowest BCUT2D eigenvalue weighted by molar-refractivity contribution is -0.140. The van der Waals surface area contributed by atoms with Crippen molar-refractivity contribution in [2.24, 2.45) is 5.73 Å². The zero-order valence-corrected chi connectivity index (χ0v) is 20.2. The topological polar surface area (TPSA) is 108 Å². The summed E-state index contributed by atoms with van der Waals surface area (Å²) in [5.41, 5.74) is 7.42. The van der Waals surface area contributed by atoms with Crippen LogP contribution in [-0.2, 0) is 6.54 Å². The smallest absolute Gasteiger partial charge is 0.395 e. The molecule has 1 aliphatic heterocycles. The van der Waals surface area contributed by atoms with Gasteiger partial charge in [0.25, 0.3) is 5.91 Å². The van der Waals surface area contributed by atoms with Crippen LogP contribution in [0.2, 0.25) is 0 Å². The summed E-state index contributed by atoms with van der Waals surface area (Å²) in [7, 11) is 0. The predicted octanol–water partition coefficient (Wildman–Crippen LogP) is 3.03. The molecule has 37 heavy (non-hydrogen) atoms. The molecule has 2 aromatic heterocycles. The highest BCUT2D eigenvalue weighted by Gasteiger charge is 2.30. The summed E-state index contributed by atoms with van der Waals surface area (Å²) in [5, 5.41) is 16.3. The summed E-state index contributed by atoms with van der Waals surface area (Å²) < 4.78 is 41.5. The van der Waals surface area contributed by atoms with E-state index in [0.717, 1.165) is 31.6 Å². The molecule has 5 N–H and O–H groups in total. The summed E-state index contributed by atoms with van der Waals surface area (Å²) in [6.45, 7) is 1.51. The Balaban J connectivity index is 1.53. The highest BCUT2D eigenvalue weighted by molar-refractivity contribution is 5.94. The molecule has 196 valence electrons. The van der Waals surface area contributed by atoms with Crippen molar-refractivity contribution in [3.8, 4) is 11.8 Å². The number of hydrogen-bond acceptors (Lipinski definition) is 6. The number of amides is 1. The first-order valence-electron chi connectivity index (χ1n) is 12.0. The molecule has 1 saturated heterocycles. The van der Waals surface area contributed by atoms with Gasteiger partial charge in [0.15, 0.2) is 0 Å². The van der Waals surface area contributed by atoms with E-state index in [4.69, 9.17) is 10.8 Å². The summed E-state index contributed by atoms with van der Waals surface area (Å²) in [6, 6.07) is 10.3. The van der Waals surface area contributed by atoms with Crippen molar-refractivity contribution in [2.75, 3.05) is 43.4 Å². The molecule has 1 fully saturated rings. The van der Waals surface area contributed by atoms with Gasteiger partial charge in [0.1, 0.15) is 12.2 Å². The lowest BCUT2D eigenvalue weighted by Crippen LogP contribution is -2.40. The number of benzene rings is 1. The number of aliphatic hydroxyl groups excluding tert-OH is 1. The van der Waals surface area contributed by atoms with E-state index in [9.17, 15) is 18.0 Å². The second-order valence-electron chi connectivity index (χ2n) is 8.90. The Morgan fingerprint density at radius 1 is 1.22 bits per heavy atom. The Hall–Kier alpha value is -3.75. The van der Waals surface area contributed by atoms with Crippen LogP contribution in [0.25, 0.3) is 10.9 Å². The molecular weight excluding hydrogens is 485 g/mol. The third kappa shape index (κ3) is 6.93. The third-order valence-corrected chi connectivity index (χ3v) is 6.26. The number of carbonyl (C=O) groups is 1. The molecule has 4 rings (SSSR count). The molecule has 0 bridgehead atoms. The molecule has 3 heterocycles. The normalized spacial score (nSPS) is 14.8. The number of aliphatic hydroxyl groups is 1. The van der Waals surface area contributed by atoms with Crippen molar-refractivity contribution in [2.45, 2.75) is 31.6 Å². The standard InChI is InChI=1S/C26H29F3N6O2/c27-26(28,29)17-35-20(3-2-10-31-19-6-7-23(25(30)37)32-16-19)15-21-22(4-1-5-24(21)35)33-18-8-11-34(12-9-18)13-14-36/h1,4-7,15-16,18,31,33,36H,8-14,17H2,(H2,30,37). The van der Waals surface area contributed by atoms with Crippen molar-refractivity contribution >= 4 is 28.2 Å². The largest absolute Gasteiger partial charge is 0.406 e. The maximum Gasteiger partial charge on any atom is 0.406 e. The SMILES string of the molecule is NC(=O)c1ccc(NCC#Cc2cc3c(NC4CCN(CCO)CC4)cccc3n2CC(F)(F)F)cn1. The van der Waals surface area contributed by atoms with Crippen molar-refractivity contribution in [3.05, 3.63) is 54.0 Å². The monoisotopic (exact) mass is 514 g/mol. The molecule has 0 unspecified atom stereocenters. The summed E-state index contributed by atoms with van der Waals surface area (Å²) >= 11 is 0. The number of carbonyl (C=O) groups excluding carboxylic acids is 1. The van der Waals surface area contributed by atoms with Gasteiger partial charge in [-0.3, -0.25) is 4.79 Å². The number of β-amino-alcohol motifs (C(OH)–C–C–N with tert-alkyl or cyclic N) is 1. The molecule has 1 aromatic carbocycles. The Bertz CT molecular complexity index is 1290. The average Bonchev–Trinajstić information content (AvgIpc) is 3.20. The van der Waals surface area contributed by atoms with Gasteiger partial charge in [0.05, 0.1) is 36.2 Å². The Labute approximate surface area is 212 Å². The van der Waals surface area contributed by atoms with Gasteiger partial charge < -0.3 is 30.9 Å². The number of anilines is 2. The molecular formula is C26H29F3N6O2. The zero-order valence-electron chi connectivity index (χ0n) is 20.2. The van der Waals surface area contributed by atoms with Crippen molar-refractivity contribution in [3.63, 3.8) is 0 Å². The maximum atomic E-state index is 13.4. The fraction of sp³-hybridized carbons (Fsp3) is 0.385. The number of fused-ring (bicyclic) bond motifs is 1. The number of halogens is 3. The second-order valence-corrected chi connectivity index (χ2v) is 8.90. The Kier molecular flexibility index (Phi) is 8.21. The van der Waals surface area contributed by atoms with E-state index >= 15 is 0 Å². The van der Waals surface area contributed by atoms with Crippen LogP contribution in [0.3, 0.4) is 0 Å². The van der Waals surface area contributed by atoms with E-state index in [1.807, 2.05) is 6.07 Å². The zero-order chi connectivity index (χ0) is 26.4. The van der Waals surface area contributed by atoms with Crippen LogP contribution in [-0.4, -0.2) is 70.5 Å². The van der Waals surface area contributed by atoms with Crippen LogP contribution in [0.15, 0.2) is 42.6 Å². The van der Waals surface area contributed by atoms with Crippen LogP contribution in [0.1, 0.15) is 29.0 Å². The highest BCUT2D eigenvalue weighted by atomic mass is 19.4. The second kappa shape index (κ2) is 11.5. The van der Waals surface area contributed by atoms with Gasteiger partial charge in [-0.1, -0.05) is 12.0 Å². The number of piperidine rings is 1. The third-order valence-electron chi connectivity index (χ3n) is 6.26. The van der Waals surface area contributed by atoms with Gasteiger partial charge in [-0.15, -0.1) is 0 Å². The van der Waals surface area contributed by atoms with Crippen LogP contribution < -0.4 is 16.4 Å². The van der Waals surface area contributed by atoms with E-state index < -0.39 is 18.6 Å². The maximum absolute atomic E-state index is 13.4. The first-order chi connectivity index (χ1) is 17.7. The fourth-order valence-corrected chi connectivity index (χ4v) is 4.45. The Morgan fingerprint density at radius 3 is 2.65 bits per heavy atom. The van der Waals surface area contributed by atoms with E-state index in [-0.39, 0.29) is 30.6 Å². The lowest BCUT2D eigenvalue weighted by Gasteiger charge is -2.32. The minimum atomic E-state index is -4.41. The number of hydrogen-bond donors (Lipinski definition) is 4. The van der Waals surface area contributed by atoms with E-state index in [0.29, 0.717) is 23.1 Å². The van der Waals surface area contributed by atoms with Crippen molar-refractivity contribution < 1.29 is 23.1 Å². The fourth-order valence-electron chi connectivity index (χ4n) is 4.45. The van der Waals surface area contributed by atoms with E-state index in [1.165, 1.54) is 16.8 Å². The summed E-state index contributed by atoms with van der Waals surface area (Å²) in [5.74, 6) is 5.12. The van der Waals surface area contributed by atoms with Crippen LogP contribution in [0.4, 0.5) is 24.5 Å². The molecule has 1 aliphatic rings. The van der Waals surface area contributed by atoms with E-state index in [2.05, 4.69) is 32.4 Å². The number of pyridine rings is 1. The summed E-state index contributed by atoms with van der Waals surface area (Å²) in [4.78, 5) is 17.3. The number of nitrogens with one attached hydrogen (secondary N) is 2. The number of primary amides is 1. The number of alkyl halides is 3. The number of aromatic nitrogens is 2. The van der Waals surface area contributed by atoms with Gasteiger partial charge >= 0.3 is 6.18 Å². The minimum absolute atomic E-state index is 0.127. The van der Waals surface area contributed by atoms with Crippen molar-refractivity contribution in [1.82, 2.24) is 14.5 Å². The molecule has 0 saturated carbocycles. The number of nitrogens with two attached hydrogens (primary N) is 1. The average molecular weight is 515 g/mol. The number of nitrogens with zero attached hydrogens (tertiary/aromatic N) is 3. The Morgan fingerprint density at radius 2 is 2.00 bits per heavy atom. The van der Waals surface area contributed by atoms with Gasteiger partial charge in [-0.05, 0) is 49.1 Å². The lowest BCUT2D eigenvalue weighted by atomic mass is 10.0. The van der Waals surface area contributed by atoms with Crippen molar-refractivity contribution in [1.29, 1.82) is 0 Å².